The Morgan fingerprint density at radius 2 is 1.79 bits per heavy atom. The number of ketones is 1. The van der Waals surface area contributed by atoms with Crippen LogP contribution in [0, 0.1) is 0 Å². The van der Waals surface area contributed by atoms with Crippen molar-refractivity contribution in [2.45, 2.75) is 12.8 Å². The van der Waals surface area contributed by atoms with Crippen molar-refractivity contribution in [1.82, 2.24) is 0 Å². The lowest BCUT2D eigenvalue weighted by atomic mass is 10.0. The predicted octanol–water partition coefficient (Wildman–Crippen LogP) is 3.27. The minimum Gasteiger partial charge on any atom is -0.330 e. The zero-order valence-electron chi connectivity index (χ0n) is 10.6. The largest absolute Gasteiger partial charge is 0.330 e. The summed E-state index contributed by atoms with van der Waals surface area (Å²) in [7, 11) is 0. The highest BCUT2D eigenvalue weighted by Gasteiger charge is 2.07. The van der Waals surface area contributed by atoms with Crippen LogP contribution in [0.1, 0.15) is 21.5 Å². The molecule has 3 heteroatoms. The molecule has 98 valence electrons. The number of hydrogen-bond acceptors (Lipinski definition) is 2. The molecule has 0 atom stereocenters. The van der Waals surface area contributed by atoms with Gasteiger partial charge < -0.3 is 5.73 Å². The van der Waals surface area contributed by atoms with Gasteiger partial charge in [-0.2, -0.15) is 0 Å². The molecule has 0 aromatic heterocycles. The van der Waals surface area contributed by atoms with Gasteiger partial charge in [-0.15, -0.1) is 0 Å². The Bertz CT molecular complexity index is 563. The van der Waals surface area contributed by atoms with Crippen molar-refractivity contribution in [3.05, 3.63) is 70.2 Å². The SMILES string of the molecule is NCCc1ccc(C(=O)Cc2cccc(Cl)c2)cc1. The molecule has 0 spiro atoms. The third kappa shape index (κ3) is 3.91. The van der Waals surface area contributed by atoms with E-state index < -0.39 is 0 Å². The number of benzene rings is 2. The van der Waals surface area contributed by atoms with Crippen LogP contribution in [0.4, 0.5) is 0 Å². The highest BCUT2D eigenvalue weighted by atomic mass is 35.5. The Hall–Kier alpha value is -1.64. The lowest BCUT2D eigenvalue weighted by molar-refractivity contribution is 0.0993. The van der Waals surface area contributed by atoms with Crippen LogP contribution in [0.5, 0.6) is 0 Å². The van der Waals surface area contributed by atoms with E-state index in [2.05, 4.69) is 0 Å². The molecule has 0 aliphatic heterocycles. The molecule has 19 heavy (non-hydrogen) atoms. The van der Waals surface area contributed by atoms with Crippen molar-refractivity contribution >= 4 is 17.4 Å². The van der Waals surface area contributed by atoms with Gasteiger partial charge in [0.15, 0.2) is 5.78 Å². The molecule has 0 unspecified atom stereocenters. The fraction of sp³-hybridized carbons (Fsp3) is 0.188. The van der Waals surface area contributed by atoms with Gasteiger partial charge in [-0.3, -0.25) is 4.79 Å². The van der Waals surface area contributed by atoms with Crippen LogP contribution in [0.25, 0.3) is 0 Å². The molecule has 0 saturated heterocycles. The quantitative estimate of drug-likeness (QED) is 0.850. The summed E-state index contributed by atoms with van der Waals surface area (Å²) in [5, 5.41) is 0.656. The zero-order valence-corrected chi connectivity index (χ0v) is 11.4. The summed E-state index contributed by atoms with van der Waals surface area (Å²) in [6.45, 7) is 0.621. The first-order valence-corrected chi connectivity index (χ1v) is 6.63. The van der Waals surface area contributed by atoms with E-state index in [1.165, 1.54) is 0 Å². The first kappa shape index (κ1) is 13.8. The van der Waals surface area contributed by atoms with Gasteiger partial charge >= 0.3 is 0 Å². The lowest BCUT2D eigenvalue weighted by Crippen LogP contribution is -2.05. The average molecular weight is 274 g/mol. The Kier molecular flexibility index (Phi) is 4.72. The second-order valence-electron chi connectivity index (χ2n) is 4.47. The molecular formula is C16H16ClNO. The average Bonchev–Trinajstić information content (AvgIpc) is 2.40. The van der Waals surface area contributed by atoms with E-state index in [9.17, 15) is 4.79 Å². The van der Waals surface area contributed by atoms with Crippen LogP contribution in [-0.2, 0) is 12.8 Å². The van der Waals surface area contributed by atoms with Gasteiger partial charge in [0.2, 0.25) is 0 Å². The minimum atomic E-state index is 0.0987. The van der Waals surface area contributed by atoms with Gasteiger partial charge in [0.1, 0.15) is 0 Å². The van der Waals surface area contributed by atoms with Crippen LogP contribution in [0.2, 0.25) is 5.02 Å². The molecule has 2 aromatic rings. The van der Waals surface area contributed by atoms with E-state index in [1.807, 2.05) is 42.5 Å². The minimum absolute atomic E-state index is 0.0987. The van der Waals surface area contributed by atoms with Crippen molar-refractivity contribution < 1.29 is 4.79 Å². The summed E-state index contributed by atoms with van der Waals surface area (Å²) in [6.07, 6.45) is 1.21. The summed E-state index contributed by atoms with van der Waals surface area (Å²) >= 11 is 5.91. The maximum atomic E-state index is 12.1. The molecule has 0 radical (unpaired) electrons. The molecule has 0 fully saturated rings. The molecule has 0 aliphatic carbocycles. The summed E-state index contributed by atoms with van der Waals surface area (Å²) in [4.78, 5) is 12.1. The molecule has 2 N–H and O–H groups in total. The highest BCUT2D eigenvalue weighted by Crippen LogP contribution is 2.14. The maximum Gasteiger partial charge on any atom is 0.167 e. The summed E-state index contributed by atoms with van der Waals surface area (Å²) in [5.41, 5.74) is 8.31. The first-order chi connectivity index (χ1) is 9.19. The molecule has 0 saturated carbocycles. The maximum absolute atomic E-state index is 12.1. The van der Waals surface area contributed by atoms with E-state index >= 15 is 0 Å². The van der Waals surface area contributed by atoms with E-state index in [0.29, 0.717) is 18.0 Å². The zero-order chi connectivity index (χ0) is 13.7. The fourth-order valence-corrected chi connectivity index (χ4v) is 2.17. The molecule has 2 nitrogen and oxygen atoms in total. The second-order valence-corrected chi connectivity index (χ2v) is 4.90. The van der Waals surface area contributed by atoms with Crippen LogP contribution in [0.15, 0.2) is 48.5 Å². The summed E-state index contributed by atoms with van der Waals surface area (Å²) < 4.78 is 0. The Labute approximate surface area is 118 Å². The van der Waals surface area contributed by atoms with E-state index in [0.717, 1.165) is 23.1 Å². The van der Waals surface area contributed by atoms with Gasteiger partial charge in [-0.05, 0) is 36.2 Å². The van der Waals surface area contributed by atoms with E-state index in [4.69, 9.17) is 17.3 Å². The van der Waals surface area contributed by atoms with E-state index in [-0.39, 0.29) is 5.78 Å². The summed E-state index contributed by atoms with van der Waals surface area (Å²) in [6, 6.07) is 15.0. The molecule has 2 rings (SSSR count). The predicted molar refractivity (Wildman–Crippen MR) is 78.7 cm³/mol. The molecule has 0 heterocycles. The number of hydrogen-bond donors (Lipinski definition) is 1. The lowest BCUT2D eigenvalue weighted by Gasteiger charge is -2.04. The third-order valence-corrected chi connectivity index (χ3v) is 3.20. The topological polar surface area (TPSA) is 43.1 Å². The summed E-state index contributed by atoms with van der Waals surface area (Å²) in [5.74, 6) is 0.0987. The van der Waals surface area contributed by atoms with Crippen molar-refractivity contribution in [3.63, 3.8) is 0 Å². The van der Waals surface area contributed by atoms with E-state index in [1.54, 1.807) is 6.07 Å². The van der Waals surface area contributed by atoms with Crippen molar-refractivity contribution in [1.29, 1.82) is 0 Å². The van der Waals surface area contributed by atoms with Crippen LogP contribution in [-0.4, -0.2) is 12.3 Å². The number of halogens is 1. The first-order valence-electron chi connectivity index (χ1n) is 6.25. The van der Waals surface area contributed by atoms with Crippen LogP contribution < -0.4 is 5.73 Å². The van der Waals surface area contributed by atoms with Crippen molar-refractivity contribution in [3.8, 4) is 0 Å². The second kappa shape index (κ2) is 6.50. The van der Waals surface area contributed by atoms with Crippen LogP contribution >= 0.6 is 11.6 Å². The van der Waals surface area contributed by atoms with Crippen molar-refractivity contribution in [2.24, 2.45) is 5.73 Å². The normalized spacial score (nSPS) is 10.4. The third-order valence-electron chi connectivity index (χ3n) is 2.96. The van der Waals surface area contributed by atoms with Gasteiger partial charge in [-0.25, -0.2) is 0 Å². The molecule has 0 amide bonds. The Morgan fingerprint density at radius 1 is 1.05 bits per heavy atom. The fourth-order valence-electron chi connectivity index (χ4n) is 1.96. The Morgan fingerprint density at radius 3 is 2.42 bits per heavy atom. The molecule has 0 aliphatic rings. The molecular weight excluding hydrogens is 258 g/mol. The number of Topliss-reactive ketones (excluding diaryl/α,β-unsaturated/α-hetero) is 1. The number of carbonyl (C=O) groups is 1. The smallest absolute Gasteiger partial charge is 0.167 e. The highest BCUT2D eigenvalue weighted by molar-refractivity contribution is 6.30. The standard InChI is InChI=1S/C16H16ClNO/c17-15-3-1-2-13(10-15)11-16(19)14-6-4-12(5-7-14)8-9-18/h1-7,10H,8-9,11,18H2. The number of nitrogens with two attached hydrogens (primary N) is 1. The molecule has 0 bridgehead atoms. The monoisotopic (exact) mass is 273 g/mol. The van der Waals surface area contributed by atoms with Crippen LogP contribution in [0.3, 0.4) is 0 Å². The van der Waals surface area contributed by atoms with Gasteiger partial charge in [0.25, 0.3) is 0 Å². The number of carbonyl (C=O) groups excluding carboxylic acids is 1. The molecule has 2 aromatic carbocycles. The van der Waals surface area contributed by atoms with Gasteiger partial charge in [-0.1, -0.05) is 48.0 Å². The number of rotatable bonds is 5. The van der Waals surface area contributed by atoms with Gasteiger partial charge in [0.05, 0.1) is 0 Å². The van der Waals surface area contributed by atoms with Gasteiger partial charge in [0, 0.05) is 17.0 Å². The van der Waals surface area contributed by atoms with Crippen molar-refractivity contribution in [2.75, 3.05) is 6.54 Å². The Balaban J connectivity index is 2.07.